The Morgan fingerprint density at radius 1 is 1.06 bits per heavy atom. The first-order valence-corrected chi connectivity index (χ1v) is 11.8. The molecule has 0 aliphatic rings. The average molecular weight is 503 g/mol. The number of hydrogen-bond donors (Lipinski definition) is 0. The van der Waals surface area contributed by atoms with Gasteiger partial charge in [0.05, 0.1) is 18.5 Å². The summed E-state index contributed by atoms with van der Waals surface area (Å²) in [4.78, 5) is 38.8. The molecule has 180 valence electrons. The van der Waals surface area contributed by atoms with Crippen molar-refractivity contribution in [3.05, 3.63) is 113 Å². The molecular weight excluding hydrogens is 483 g/mol. The number of aromatic nitrogens is 2. The van der Waals surface area contributed by atoms with Crippen LogP contribution in [0.25, 0.3) is 15.8 Å². The SMILES string of the molecule is COc1cc(CC#Cc2cn3c(=O)n(Cc4ccc5oc(=O)ccc5c4)c(=O)c(C)c3s2)ccc1F. The molecule has 9 heteroatoms. The Bertz CT molecular complexity index is 1880. The molecule has 0 unspecified atom stereocenters. The number of methoxy groups -OCH3 is 1. The summed E-state index contributed by atoms with van der Waals surface area (Å²) in [6.07, 6.45) is 1.99. The van der Waals surface area contributed by atoms with Crippen molar-refractivity contribution in [3.8, 4) is 17.6 Å². The maximum Gasteiger partial charge on any atom is 0.336 e. The lowest BCUT2D eigenvalue weighted by Gasteiger charge is -2.08. The number of hydrogen-bond acceptors (Lipinski definition) is 6. The summed E-state index contributed by atoms with van der Waals surface area (Å²) in [6, 6.07) is 12.7. The van der Waals surface area contributed by atoms with Crippen molar-refractivity contribution in [2.75, 3.05) is 7.11 Å². The zero-order valence-electron chi connectivity index (χ0n) is 19.3. The molecule has 36 heavy (non-hydrogen) atoms. The number of benzene rings is 2. The van der Waals surface area contributed by atoms with Gasteiger partial charge >= 0.3 is 11.3 Å². The van der Waals surface area contributed by atoms with E-state index in [9.17, 15) is 18.8 Å². The van der Waals surface area contributed by atoms with E-state index < -0.39 is 17.1 Å². The molecule has 0 atom stereocenters. The van der Waals surface area contributed by atoms with Crippen molar-refractivity contribution in [3.63, 3.8) is 0 Å². The van der Waals surface area contributed by atoms with Gasteiger partial charge in [-0.1, -0.05) is 24.0 Å². The molecule has 0 aliphatic heterocycles. The van der Waals surface area contributed by atoms with Gasteiger partial charge in [-0.3, -0.25) is 13.8 Å². The average Bonchev–Trinajstić information content (AvgIpc) is 3.31. The molecule has 2 aromatic carbocycles. The lowest BCUT2D eigenvalue weighted by atomic mass is 10.1. The molecule has 0 N–H and O–H groups in total. The number of thiazole rings is 1. The molecule has 5 aromatic rings. The molecule has 0 saturated heterocycles. The van der Waals surface area contributed by atoms with Crippen LogP contribution in [0.15, 0.2) is 73.5 Å². The van der Waals surface area contributed by atoms with Crippen molar-refractivity contribution in [1.29, 1.82) is 0 Å². The topological polar surface area (TPSA) is 82.9 Å². The standard InChI is InChI=1S/C27H19FN2O5S/c1-16-25(32)29(14-18-7-10-22-19(12-18)8-11-24(31)35-22)27(33)30-15-20(36-26(16)30)5-3-4-17-6-9-21(28)23(13-17)34-2/h6-13,15H,4,14H2,1-2H3. The van der Waals surface area contributed by atoms with Gasteiger partial charge in [0.25, 0.3) is 5.56 Å². The third-order valence-corrected chi connectivity index (χ3v) is 6.86. The lowest BCUT2D eigenvalue weighted by molar-refractivity contribution is 0.386. The van der Waals surface area contributed by atoms with E-state index in [1.165, 1.54) is 39.5 Å². The highest BCUT2D eigenvalue weighted by molar-refractivity contribution is 7.18. The Kier molecular flexibility index (Phi) is 6.04. The van der Waals surface area contributed by atoms with E-state index in [2.05, 4.69) is 11.8 Å². The molecule has 0 saturated carbocycles. The summed E-state index contributed by atoms with van der Waals surface area (Å²) >= 11 is 1.27. The highest BCUT2D eigenvalue weighted by Gasteiger charge is 2.14. The minimum absolute atomic E-state index is 0.0692. The van der Waals surface area contributed by atoms with E-state index in [0.29, 0.717) is 32.7 Å². The van der Waals surface area contributed by atoms with Crippen LogP contribution in [0, 0.1) is 24.6 Å². The minimum Gasteiger partial charge on any atom is -0.494 e. The van der Waals surface area contributed by atoms with Gasteiger partial charge in [0.1, 0.15) is 10.4 Å². The van der Waals surface area contributed by atoms with Gasteiger partial charge in [0.2, 0.25) is 0 Å². The number of rotatable bonds is 4. The number of halogens is 1. The van der Waals surface area contributed by atoms with Crippen LogP contribution in [0.3, 0.4) is 0 Å². The third kappa shape index (κ3) is 4.34. The van der Waals surface area contributed by atoms with Crippen molar-refractivity contribution in [2.24, 2.45) is 0 Å². The number of ether oxygens (including phenoxy) is 1. The summed E-state index contributed by atoms with van der Waals surface area (Å²) in [7, 11) is 1.40. The van der Waals surface area contributed by atoms with Gasteiger partial charge in [0, 0.05) is 29.6 Å². The van der Waals surface area contributed by atoms with Crippen LogP contribution in [-0.4, -0.2) is 16.1 Å². The summed E-state index contributed by atoms with van der Waals surface area (Å²) < 4.78 is 26.4. The zero-order valence-corrected chi connectivity index (χ0v) is 20.1. The van der Waals surface area contributed by atoms with Crippen molar-refractivity contribution >= 4 is 27.1 Å². The minimum atomic E-state index is -0.465. The second-order valence-electron chi connectivity index (χ2n) is 8.14. The van der Waals surface area contributed by atoms with Crippen LogP contribution < -0.4 is 21.6 Å². The molecule has 7 nitrogen and oxygen atoms in total. The largest absolute Gasteiger partial charge is 0.494 e. The Morgan fingerprint density at radius 3 is 2.67 bits per heavy atom. The fourth-order valence-corrected chi connectivity index (χ4v) is 4.87. The van der Waals surface area contributed by atoms with E-state index in [0.717, 1.165) is 11.1 Å². The molecule has 3 heterocycles. The van der Waals surface area contributed by atoms with Crippen LogP contribution in [0.2, 0.25) is 0 Å². The summed E-state index contributed by atoms with van der Waals surface area (Å²) in [5.74, 6) is 5.77. The van der Waals surface area contributed by atoms with Gasteiger partial charge < -0.3 is 9.15 Å². The van der Waals surface area contributed by atoms with Crippen molar-refractivity contribution in [2.45, 2.75) is 19.9 Å². The molecule has 0 radical (unpaired) electrons. The Hall–Kier alpha value is -4.42. The first-order valence-electron chi connectivity index (χ1n) is 10.9. The maximum absolute atomic E-state index is 13.6. The lowest BCUT2D eigenvalue weighted by Crippen LogP contribution is -2.38. The maximum atomic E-state index is 13.6. The Labute approximate surface area is 207 Å². The number of aryl methyl sites for hydroxylation is 1. The third-order valence-electron chi connectivity index (χ3n) is 5.74. The van der Waals surface area contributed by atoms with Crippen LogP contribution in [0.5, 0.6) is 5.75 Å². The first kappa shape index (κ1) is 23.3. The molecule has 0 fully saturated rings. The molecule has 3 aromatic heterocycles. The van der Waals surface area contributed by atoms with Crippen LogP contribution in [0.4, 0.5) is 4.39 Å². The fourth-order valence-electron chi connectivity index (χ4n) is 3.91. The van der Waals surface area contributed by atoms with Gasteiger partial charge in [0.15, 0.2) is 11.6 Å². The predicted molar refractivity (Wildman–Crippen MR) is 136 cm³/mol. The summed E-state index contributed by atoms with van der Waals surface area (Å²) in [5.41, 5.74) is 1.11. The summed E-state index contributed by atoms with van der Waals surface area (Å²) in [6.45, 7) is 1.75. The van der Waals surface area contributed by atoms with E-state index >= 15 is 0 Å². The summed E-state index contributed by atoms with van der Waals surface area (Å²) in [5, 5.41) is 0.699. The monoisotopic (exact) mass is 502 g/mol. The Morgan fingerprint density at radius 2 is 1.86 bits per heavy atom. The molecular formula is C27H19FN2O5S. The molecule has 0 amide bonds. The molecule has 0 spiro atoms. The van der Waals surface area contributed by atoms with Crippen molar-refractivity contribution in [1.82, 2.24) is 8.97 Å². The Balaban J connectivity index is 1.47. The van der Waals surface area contributed by atoms with E-state index in [4.69, 9.17) is 9.15 Å². The normalized spacial score (nSPS) is 11.0. The first-order chi connectivity index (χ1) is 17.3. The van der Waals surface area contributed by atoms with Crippen LogP contribution in [-0.2, 0) is 13.0 Å². The van der Waals surface area contributed by atoms with Gasteiger partial charge in [-0.15, -0.1) is 11.3 Å². The molecule has 0 bridgehead atoms. The highest BCUT2D eigenvalue weighted by Crippen LogP contribution is 2.20. The van der Waals surface area contributed by atoms with E-state index in [1.807, 2.05) is 0 Å². The quantitative estimate of drug-likeness (QED) is 0.276. The van der Waals surface area contributed by atoms with E-state index in [1.54, 1.807) is 49.5 Å². The second kappa shape index (κ2) is 9.32. The van der Waals surface area contributed by atoms with E-state index in [-0.39, 0.29) is 17.9 Å². The van der Waals surface area contributed by atoms with Crippen LogP contribution in [0.1, 0.15) is 21.6 Å². The molecule has 5 rings (SSSR count). The number of nitrogens with zero attached hydrogens (tertiary/aromatic N) is 2. The smallest absolute Gasteiger partial charge is 0.336 e. The number of fused-ring (bicyclic) bond motifs is 2. The van der Waals surface area contributed by atoms with Gasteiger partial charge in [-0.25, -0.2) is 14.0 Å². The van der Waals surface area contributed by atoms with Gasteiger partial charge in [-0.2, -0.15) is 0 Å². The zero-order chi connectivity index (χ0) is 25.4. The van der Waals surface area contributed by atoms with Crippen LogP contribution >= 0.6 is 11.3 Å². The van der Waals surface area contributed by atoms with Gasteiger partial charge in [-0.05, 0) is 48.4 Å². The second-order valence-corrected chi connectivity index (χ2v) is 9.17. The molecule has 0 aliphatic carbocycles. The van der Waals surface area contributed by atoms with Crippen molar-refractivity contribution < 1.29 is 13.5 Å². The fraction of sp³-hybridized carbons (Fsp3) is 0.148. The highest BCUT2D eigenvalue weighted by atomic mass is 32.1. The predicted octanol–water partition coefficient (Wildman–Crippen LogP) is 3.73.